The molecule has 10 nitrogen and oxygen atoms in total. The van der Waals surface area contributed by atoms with Crippen LogP contribution in [0.2, 0.25) is 0 Å². The van der Waals surface area contributed by atoms with Crippen molar-refractivity contribution < 1.29 is 24.3 Å². The van der Waals surface area contributed by atoms with E-state index in [2.05, 4.69) is 16.0 Å². The molecule has 0 saturated heterocycles. The van der Waals surface area contributed by atoms with Gasteiger partial charge in [0.05, 0.1) is 6.04 Å². The number of unbranched alkanes of at least 4 members (excludes halogenated alkanes) is 1. The van der Waals surface area contributed by atoms with Gasteiger partial charge < -0.3 is 32.5 Å². The Bertz CT molecular complexity index is 1080. The summed E-state index contributed by atoms with van der Waals surface area (Å²) < 4.78 is 0. The number of carboxylic acid groups (broad SMARTS) is 1. The van der Waals surface area contributed by atoms with Crippen molar-refractivity contribution in [2.75, 3.05) is 6.54 Å². The molecule has 10 heteroatoms. The summed E-state index contributed by atoms with van der Waals surface area (Å²) in [6.45, 7) is 4.01. The summed E-state index contributed by atoms with van der Waals surface area (Å²) in [5.74, 6) is -3.11. The number of nitrogens with two attached hydrogens (primary N) is 2. The molecule has 0 bridgehead atoms. The zero-order valence-corrected chi connectivity index (χ0v) is 23.3. The first-order valence-corrected chi connectivity index (χ1v) is 13.8. The summed E-state index contributed by atoms with van der Waals surface area (Å²) in [5, 5.41) is 17.8. The van der Waals surface area contributed by atoms with Gasteiger partial charge in [0.2, 0.25) is 17.7 Å². The maximum absolute atomic E-state index is 13.5. The number of aliphatic carboxylic acids is 1. The van der Waals surface area contributed by atoms with E-state index in [4.69, 9.17) is 11.5 Å². The van der Waals surface area contributed by atoms with E-state index < -0.39 is 47.9 Å². The smallest absolute Gasteiger partial charge is 0.326 e. The van der Waals surface area contributed by atoms with Gasteiger partial charge in [0.25, 0.3) is 0 Å². The second-order valence-corrected chi connectivity index (χ2v) is 10.1. The number of carboxylic acids is 1. The van der Waals surface area contributed by atoms with Crippen LogP contribution in [0.5, 0.6) is 0 Å². The molecule has 5 atom stereocenters. The minimum absolute atomic E-state index is 0.141. The molecular formula is C30H43N5O5. The fraction of sp³-hybridized carbons (Fsp3) is 0.467. The van der Waals surface area contributed by atoms with Crippen molar-refractivity contribution in [1.29, 1.82) is 0 Å². The Hall–Kier alpha value is -3.76. The predicted molar refractivity (Wildman–Crippen MR) is 154 cm³/mol. The van der Waals surface area contributed by atoms with Crippen LogP contribution in [0.3, 0.4) is 0 Å². The first-order chi connectivity index (χ1) is 19.2. The van der Waals surface area contributed by atoms with E-state index in [9.17, 15) is 24.3 Å². The van der Waals surface area contributed by atoms with Gasteiger partial charge in [-0.25, -0.2) is 4.79 Å². The average molecular weight is 554 g/mol. The van der Waals surface area contributed by atoms with Crippen molar-refractivity contribution >= 4 is 23.7 Å². The molecule has 3 amide bonds. The Kier molecular flexibility index (Phi) is 13.8. The minimum Gasteiger partial charge on any atom is -0.480 e. The van der Waals surface area contributed by atoms with Crippen molar-refractivity contribution in [1.82, 2.24) is 16.0 Å². The number of hydrogen-bond acceptors (Lipinski definition) is 6. The SMILES string of the molecule is CCC(C)C(NC(=O)C(Cc1ccccc1)NC(=O)C(CCCCN)NC(=O)C(N)Cc1ccccc1)C(=O)O. The summed E-state index contributed by atoms with van der Waals surface area (Å²) in [6.07, 6.45) is 2.52. The fourth-order valence-electron chi connectivity index (χ4n) is 4.27. The summed E-state index contributed by atoms with van der Waals surface area (Å²) in [5.41, 5.74) is 13.5. The van der Waals surface area contributed by atoms with Crippen molar-refractivity contribution in [3.63, 3.8) is 0 Å². The van der Waals surface area contributed by atoms with Crippen LogP contribution in [0.15, 0.2) is 60.7 Å². The highest BCUT2D eigenvalue weighted by molar-refractivity contribution is 5.94. The Morgan fingerprint density at radius 1 is 0.775 bits per heavy atom. The lowest BCUT2D eigenvalue weighted by molar-refractivity contribution is -0.143. The van der Waals surface area contributed by atoms with Crippen LogP contribution in [-0.4, -0.2) is 59.5 Å². The second kappa shape index (κ2) is 17.0. The standard InChI is InChI=1S/C30H43N5O5/c1-3-20(2)26(30(39)40)35-29(38)25(19-22-14-8-5-9-15-22)34-28(37)24(16-10-11-17-31)33-27(36)23(32)18-21-12-6-4-7-13-21/h4-9,12-15,20,23-26H,3,10-11,16-19,31-32H2,1-2H3,(H,33,36)(H,34,37)(H,35,38)(H,39,40). The molecule has 2 aromatic rings. The number of amides is 3. The molecule has 0 aliphatic heterocycles. The Morgan fingerprint density at radius 3 is 1.82 bits per heavy atom. The van der Waals surface area contributed by atoms with E-state index in [-0.39, 0.29) is 12.3 Å². The van der Waals surface area contributed by atoms with Gasteiger partial charge in [-0.05, 0) is 49.3 Å². The molecular weight excluding hydrogens is 510 g/mol. The van der Waals surface area contributed by atoms with Crippen molar-refractivity contribution in [3.05, 3.63) is 71.8 Å². The van der Waals surface area contributed by atoms with Gasteiger partial charge in [-0.1, -0.05) is 80.9 Å². The Morgan fingerprint density at radius 2 is 1.30 bits per heavy atom. The molecule has 0 aromatic heterocycles. The van der Waals surface area contributed by atoms with Gasteiger partial charge >= 0.3 is 5.97 Å². The largest absolute Gasteiger partial charge is 0.480 e. The molecule has 0 aliphatic rings. The van der Waals surface area contributed by atoms with Gasteiger partial charge in [-0.2, -0.15) is 0 Å². The number of carbonyl (C=O) groups is 4. The zero-order chi connectivity index (χ0) is 29.5. The molecule has 2 rings (SSSR count). The van der Waals surface area contributed by atoms with Crippen LogP contribution < -0.4 is 27.4 Å². The lowest BCUT2D eigenvalue weighted by Gasteiger charge is -2.27. The highest BCUT2D eigenvalue weighted by Crippen LogP contribution is 2.11. The highest BCUT2D eigenvalue weighted by Gasteiger charge is 2.32. The quantitative estimate of drug-likeness (QED) is 0.161. The molecule has 5 unspecified atom stereocenters. The van der Waals surface area contributed by atoms with E-state index in [0.717, 1.165) is 11.1 Å². The molecule has 0 saturated carbocycles. The zero-order valence-electron chi connectivity index (χ0n) is 23.3. The van der Waals surface area contributed by atoms with Gasteiger partial charge in [0, 0.05) is 6.42 Å². The maximum Gasteiger partial charge on any atom is 0.326 e. The molecule has 40 heavy (non-hydrogen) atoms. The number of nitrogens with one attached hydrogen (secondary N) is 3. The summed E-state index contributed by atoms with van der Waals surface area (Å²) in [6, 6.07) is 14.4. The molecule has 0 heterocycles. The van der Waals surface area contributed by atoms with Crippen LogP contribution in [-0.2, 0) is 32.0 Å². The number of rotatable bonds is 17. The predicted octanol–water partition coefficient (Wildman–Crippen LogP) is 1.51. The van der Waals surface area contributed by atoms with Gasteiger partial charge in [0.1, 0.15) is 18.1 Å². The second-order valence-electron chi connectivity index (χ2n) is 10.1. The third-order valence-corrected chi connectivity index (χ3v) is 6.91. The first kappa shape index (κ1) is 32.5. The van der Waals surface area contributed by atoms with E-state index >= 15 is 0 Å². The van der Waals surface area contributed by atoms with Crippen LogP contribution in [0.4, 0.5) is 0 Å². The lowest BCUT2D eigenvalue weighted by atomic mass is 9.98. The molecule has 0 aliphatic carbocycles. The van der Waals surface area contributed by atoms with Crippen molar-refractivity contribution in [3.8, 4) is 0 Å². The third-order valence-electron chi connectivity index (χ3n) is 6.91. The number of hydrogen-bond donors (Lipinski definition) is 6. The van der Waals surface area contributed by atoms with Gasteiger partial charge in [0.15, 0.2) is 0 Å². The topological polar surface area (TPSA) is 177 Å². The first-order valence-electron chi connectivity index (χ1n) is 13.8. The van der Waals surface area contributed by atoms with E-state index in [0.29, 0.717) is 38.6 Å². The third kappa shape index (κ3) is 10.8. The number of carbonyl (C=O) groups excluding carboxylic acids is 3. The molecule has 8 N–H and O–H groups in total. The van der Waals surface area contributed by atoms with E-state index in [1.165, 1.54) is 0 Å². The summed E-state index contributed by atoms with van der Waals surface area (Å²) in [4.78, 5) is 51.6. The minimum atomic E-state index is -1.15. The normalized spacial score (nSPS) is 14.7. The fourth-order valence-corrected chi connectivity index (χ4v) is 4.27. The van der Waals surface area contributed by atoms with Gasteiger partial charge in [-0.3, -0.25) is 14.4 Å². The van der Waals surface area contributed by atoms with E-state index in [1.54, 1.807) is 6.92 Å². The van der Waals surface area contributed by atoms with Crippen LogP contribution in [0.25, 0.3) is 0 Å². The summed E-state index contributed by atoms with van der Waals surface area (Å²) in [7, 11) is 0. The molecule has 0 radical (unpaired) electrons. The Balaban J connectivity index is 2.21. The van der Waals surface area contributed by atoms with E-state index in [1.807, 2.05) is 67.6 Å². The average Bonchev–Trinajstić information content (AvgIpc) is 2.95. The highest BCUT2D eigenvalue weighted by atomic mass is 16.4. The van der Waals surface area contributed by atoms with Crippen molar-refractivity contribution in [2.45, 2.75) is 76.5 Å². The maximum atomic E-state index is 13.5. The lowest BCUT2D eigenvalue weighted by Crippen LogP contribution is -2.58. The molecule has 0 fully saturated rings. The summed E-state index contributed by atoms with van der Waals surface area (Å²) >= 11 is 0. The molecule has 218 valence electrons. The molecule has 2 aromatic carbocycles. The van der Waals surface area contributed by atoms with Crippen LogP contribution >= 0.6 is 0 Å². The molecule has 0 spiro atoms. The van der Waals surface area contributed by atoms with Crippen LogP contribution in [0, 0.1) is 5.92 Å². The number of benzene rings is 2. The van der Waals surface area contributed by atoms with Gasteiger partial charge in [-0.15, -0.1) is 0 Å². The monoisotopic (exact) mass is 553 g/mol. The van der Waals surface area contributed by atoms with Crippen LogP contribution in [0.1, 0.15) is 50.7 Å². The Labute approximate surface area is 236 Å². The van der Waals surface area contributed by atoms with Crippen molar-refractivity contribution in [2.24, 2.45) is 17.4 Å².